The molecule has 0 bridgehead atoms. The van der Waals surface area contributed by atoms with Crippen LogP contribution in [-0.4, -0.2) is 34.1 Å². The Hall–Kier alpha value is -0.870. The van der Waals surface area contributed by atoms with Gasteiger partial charge in [-0.15, -0.1) is 0 Å². The minimum absolute atomic E-state index is 0.0775. The molecule has 0 aliphatic carbocycles. The highest BCUT2D eigenvalue weighted by Crippen LogP contribution is 2.18. The molecule has 0 saturated heterocycles. The fourth-order valence-electron chi connectivity index (χ4n) is 2.13. The van der Waals surface area contributed by atoms with E-state index in [1.165, 1.54) is 6.42 Å². The second-order valence-electron chi connectivity index (χ2n) is 5.22. The fourth-order valence-corrected chi connectivity index (χ4v) is 2.13. The lowest BCUT2D eigenvalue weighted by Crippen LogP contribution is -2.29. The lowest BCUT2D eigenvalue weighted by Gasteiger charge is -2.22. The average Bonchev–Trinajstić information content (AvgIpc) is 2.81. The van der Waals surface area contributed by atoms with Crippen molar-refractivity contribution in [3.05, 3.63) is 18.2 Å². The largest absolute Gasteiger partial charge is 0.332 e. The molecule has 2 N–H and O–H groups in total. The van der Waals surface area contributed by atoms with Crippen LogP contribution >= 0.6 is 0 Å². The highest BCUT2D eigenvalue weighted by Gasteiger charge is 2.15. The fraction of sp³-hybridized carbons (Fsp3) is 0.786. The first-order valence-electron chi connectivity index (χ1n) is 7.08. The summed E-state index contributed by atoms with van der Waals surface area (Å²) < 4.78 is 2.20. The Bertz CT molecular complexity index is 332. The Kier molecular flexibility index (Phi) is 6.36. The smallest absolute Gasteiger partial charge is 0.0949 e. The van der Waals surface area contributed by atoms with E-state index in [0.717, 1.165) is 31.9 Å². The van der Waals surface area contributed by atoms with E-state index in [-0.39, 0.29) is 6.04 Å². The van der Waals surface area contributed by atoms with Crippen molar-refractivity contribution >= 4 is 0 Å². The lowest BCUT2D eigenvalue weighted by molar-refractivity contribution is 0.274. The third-order valence-corrected chi connectivity index (χ3v) is 3.45. The van der Waals surface area contributed by atoms with Gasteiger partial charge in [-0.05, 0) is 25.4 Å². The third kappa shape index (κ3) is 4.10. The number of nitrogens with two attached hydrogens (primary N) is 1. The van der Waals surface area contributed by atoms with Crippen molar-refractivity contribution in [1.82, 2.24) is 14.5 Å². The summed E-state index contributed by atoms with van der Waals surface area (Å²) >= 11 is 0. The van der Waals surface area contributed by atoms with Crippen molar-refractivity contribution in [2.75, 3.05) is 19.6 Å². The van der Waals surface area contributed by atoms with E-state index in [1.807, 2.05) is 12.5 Å². The summed E-state index contributed by atoms with van der Waals surface area (Å²) in [7, 11) is 0. The van der Waals surface area contributed by atoms with E-state index < -0.39 is 0 Å². The molecule has 0 aromatic carbocycles. The normalized spacial score (nSPS) is 13.5. The van der Waals surface area contributed by atoms with Crippen LogP contribution in [-0.2, 0) is 6.54 Å². The van der Waals surface area contributed by atoms with Gasteiger partial charge >= 0.3 is 0 Å². The number of imidazole rings is 1. The number of aromatic nitrogens is 2. The summed E-state index contributed by atoms with van der Waals surface area (Å²) in [4.78, 5) is 6.70. The van der Waals surface area contributed by atoms with Crippen molar-refractivity contribution in [2.45, 2.75) is 46.7 Å². The highest BCUT2D eigenvalue weighted by atomic mass is 15.2. The van der Waals surface area contributed by atoms with E-state index in [2.05, 4.69) is 42.1 Å². The minimum Gasteiger partial charge on any atom is -0.332 e. The van der Waals surface area contributed by atoms with Crippen molar-refractivity contribution < 1.29 is 0 Å². The van der Waals surface area contributed by atoms with Gasteiger partial charge in [-0.3, -0.25) is 0 Å². The molecule has 0 aliphatic rings. The third-order valence-electron chi connectivity index (χ3n) is 3.45. The summed E-state index contributed by atoms with van der Waals surface area (Å²) in [6, 6.07) is 0.0775. The van der Waals surface area contributed by atoms with Gasteiger partial charge in [-0.1, -0.05) is 27.7 Å². The molecule has 18 heavy (non-hydrogen) atoms. The second kappa shape index (κ2) is 7.54. The zero-order valence-electron chi connectivity index (χ0n) is 12.3. The molecule has 0 amide bonds. The van der Waals surface area contributed by atoms with Gasteiger partial charge in [0.15, 0.2) is 0 Å². The number of hydrogen-bond donors (Lipinski definition) is 1. The predicted octanol–water partition coefficient (Wildman–Crippen LogP) is 2.27. The monoisotopic (exact) mass is 252 g/mol. The molecule has 104 valence electrons. The summed E-state index contributed by atoms with van der Waals surface area (Å²) in [6.07, 6.45) is 5.01. The van der Waals surface area contributed by atoms with Crippen LogP contribution in [0.5, 0.6) is 0 Å². The molecule has 0 fully saturated rings. The van der Waals surface area contributed by atoms with Crippen LogP contribution in [0.1, 0.15) is 45.9 Å². The molecular weight excluding hydrogens is 224 g/mol. The number of nitrogens with zero attached hydrogens (tertiary/aromatic N) is 3. The second-order valence-corrected chi connectivity index (χ2v) is 5.22. The molecule has 0 aliphatic heterocycles. The molecule has 0 saturated carbocycles. The summed E-state index contributed by atoms with van der Waals surface area (Å²) in [5.74, 6) is 0.443. The SMILES string of the molecule is CCCN(CC)CCn1cncc1C(N)C(C)C. The van der Waals surface area contributed by atoms with Crippen LogP contribution in [0, 0.1) is 5.92 Å². The molecule has 1 heterocycles. The van der Waals surface area contributed by atoms with Crippen molar-refractivity contribution in [2.24, 2.45) is 11.7 Å². The molecule has 1 aromatic heterocycles. The quantitative estimate of drug-likeness (QED) is 0.772. The van der Waals surface area contributed by atoms with Crippen LogP contribution in [0.3, 0.4) is 0 Å². The first-order chi connectivity index (χ1) is 8.60. The molecule has 1 rings (SSSR count). The maximum absolute atomic E-state index is 6.21. The van der Waals surface area contributed by atoms with Crippen molar-refractivity contribution in [3.63, 3.8) is 0 Å². The first kappa shape index (κ1) is 15.2. The first-order valence-corrected chi connectivity index (χ1v) is 7.08. The van der Waals surface area contributed by atoms with E-state index in [0.29, 0.717) is 5.92 Å². The topological polar surface area (TPSA) is 47.1 Å². The van der Waals surface area contributed by atoms with Crippen LogP contribution < -0.4 is 5.73 Å². The number of likely N-dealkylation sites (N-methyl/N-ethyl adjacent to an activating group) is 1. The van der Waals surface area contributed by atoms with E-state index in [4.69, 9.17) is 5.73 Å². The Labute approximate surface area is 111 Å². The summed E-state index contributed by atoms with van der Waals surface area (Å²) in [5, 5.41) is 0. The zero-order valence-corrected chi connectivity index (χ0v) is 12.3. The highest BCUT2D eigenvalue weighted by molar-refractivity contribution is 5.05. The van der Waals surface area contributed by atoms with Gasteiger partial charge in [-0.25, -0.2) is 4.98 Å². The van der Waals surface area contributed by atoms with Gasteiger partial charge in [-0.2, -0.15) is 0 Å². The standard InChI is InChI=1S/C14H28N4/c1-5-7-17(6-2)8-9-18-11-16-10-13(18)14(15)12(3)4/h10-12,14H,5-9,15H2,1-4H3. The predicted molar refractivity (Wildman–Crippen MR) is 76.4 cm³/mol. The van der Waals surface area contributed by atoms with Gasteiger partial charge in [0.2, 0.25) is 0 Å². The van der Waals surface area contributed by atoms with E-state index in [1.54, 1.807) is 0 Å². The van der Waals surface area contributed by atoms with Crippen molar-refractivity contribution in [1.29, 1.82) is 0 Å². The molecule has 0 radical (unpaired) electrons. The molecule has 4 heteroatoms. The maximum Gasteiger partial charge on any atom is 0.0949 e. The van der Waals surface area contributed by atoms with Gasteiger partial charge in [0.25, 0.3) is 0 Å². The lowest BCUT2D eigenvalue weighted by atomic mass is 10.0. The number of rotatable bonds is 8. The Morgan fingerprint density at radius 2 is 2.06 bits per heavy atom. The summed E-state index contributed by atoms with van der Waals surface area (Å²) in [6.45, 7) is 13.0. The van der Waals surface area contributed by atoms with Crippen LogP contribution in [0.4, 0.5) is 0 Å². The molecule has 1 atom stereocenters. The molecule has 0 spiro atoms. The summed E-state index contributed by atoms with van der Waals surface area (Å²) in [5.41, 5.74) is 7.36. The zero-order chi connectivity index (χ0) is 13.5. The Morgan fingerprint density at radius 1 is 1.33 bits per heavy atom. The van der Waals surface area contributed by atoms with Crippen LogP contribution in [0.2, 0.25) is 0 Å². The van der Waals surface area contributed by atoms with E-state index in [9.17, 15) is 0 Å². The van der Waals surface area contributed by atoms with Gasteiger partial charge in [0.1, 0.15) is 0 Å². The molecule has 4 nitrogen and oxygen atoms in total. The van der Waals surface area contributed by atoms with Crippen molar-refractivity contribution in [3.8, 4) is 0 Å². The Morgan fingerprint density at radius 3 is 2.61 bits per heavy atom. The Balaban J connectivity index is 2.59. The van der Waals surface area contributed by atoms with Gasteiger partial charge in [0.05, 0.1) is 12.0 Å². The molecule has 1 unspecified atom stereocenters. The van der Waals surface area contributed by atoms with Crippen LogP contribution in [0.25, 0.3) is 0 Å². The average molecular weight is 252 g/mol. The molecular formula is C14H28N4. The maximum atomic E-state index is 6.21. The minimum atomic E-state index is 0.0775. The van der Waals surface area contributed by atoms with Crippen LogP contribution in [0.15, 0.2) is 12.5 Å². The number of hydrogen-bond acceptors (Lipinski definition) is 3. The molecule has 1 aromatic rings. The van der Waals surface area contributed by atoms with E-state index >= 15 is 0 Å². The van der Waals surface area contributed by atoms with Gasteiger partial charge in [0, 0.05) is 25.3 Å². The van der Waals surface area contributed by atoms with Gasteiger partial charge < -0.3 is 15.2 Å².